The molecule has 0 saturated carbocycles. The smallest absolute Gasteiger partial charge is 0.330 e. The fourth-order valence-corrected chi connectivity index (χ4v) is 2.50. The first-order chi connectivity index (χ1) is 10.1. The van der Waals surface area contributed by atoms with Crippen LogP contribution >= 0.6 is 35.4 Å². The van der Waals surface area contributed by atoms with E-state index >= 15 is 0 Å². The number of thiocarbonyl (C=S) groups is 1. The summed E-state index contributed by atoms with van der Waals surface area (Å²) in [5, 5.41) is 13.8. The zero-order valence-electron chi connectivity index (χ0n) is 10.1. The summed E-state index contributed by atoms with van der Waals surface area (Å²) >= 11 is 17.0. The van der Waals surface area contributed by atoms with E-state index in [-0.39, 0.29) is 16.7 Å². The first kappa shape index (κ1) is 14.1. The highest BCUT2D eigenvalue weighted by molar-refractivity contribution is 7.80. The molecule has 0 amide bonds. The Bertz CT molecular complexity index is 762. The fourth-order valence-electron chi connectivity index (χ4n) is 1.73. The molecule has 1 aromatic heterocycles. The van der Waals surface area contributed by atoms with Crippen LogP contribution < -0.4 is 0 Å². The highest BCUT2D eigenvalue weighted by Gasteiger charge is 2.36. The fraction of sp³-hybridized carbons (Fsp3) is 0.0909. The minimum atomic E-state index is -0.964. The maximum atomic E-state index is 12.1. The number of ether oxygens (including phenoxy) is 1. The first-order valence-corrected chi connectivity index (χ1v) is 6.75. The van der Waals surface area contributed by atoms with Crippen molar-refractivity contribution in [3.05, 3.63) is 39.6 Å². The molecule has 1 aliphatic rings. The number of halogens is 2. The van der Waals surface area contributed by atoms with Crippen molar-refractivity contribution >= 4 is 52.3 Å². The van der Waals surface area contributed by atoms with Crippen LogP contribution in [0.15, 0.2) is 23.2 Å². The Morgan fingerprint density at radius 3 is 2.76 bits per heavy atom. The molecule has 2 aromatic rings. The molecule has 1 atom stereocenters. The molecule has 1 aromatic carbocycles. The summed E-state index contributed by atoms with van der Waals surface area (Å²) in [7, 11) is 0. The van der Waals surface area contributed by atoms with Gasteiger partial charge in [-0.25, -0.2) is 4.99 Å². The molecule has 7 nitrogen and oxygen atoms in total. The van der Waals surface area contributed by atoms with Crippen molar-refractivity contribution < 1.29 is 9.53 Å². The molecule has 21 heavy (non-hydrogen) atoms. The number of nitrogens with one attached hydrogen (secondary N) is 1. The normalized spacial score (nSPS) is 18.4. The van der Waals surface area contributed by atoms with Crippen LogP contribution in [0.1, 0.15) is 17.3 Å². The third-order valence-electron chi connectivity index (χ3n) is 2.67. The maximum absolute atomic E-state index is 12.1. The zero-order valence-corrected chi connectivity index (χ0v) is 12.4. The van der Waals surface area contributed by atoms with E-state index in [0.717, 1.165) is 0 Å². The molecule has 0 bridgehead atoms. The molecule has 1 unspecified atom stereocenters. The number of tetrazole rings is 1. The lowest BCUT2D eigenvalue weighted by molar-refractivity contribution is -0.136. The standard InChI is InChI=1S/C11H5Cl2N5O2S/c12-4-1-2-5(6(13)3-4)9-14-10(21)7(11(19)20-9)8-15-17-18-16-8/h1-3,7H,(H,15,16,17,18). The zero-order chi connectivity index (χ0) is 15.0. The Labute approximate surface area is 133 Å². The van der Waals surface area contributed by atoms with Crippen LogP contribution in [-0.2, 0) is 9.53 Å². The number of aliphatic imine (C=N–C) groups is 1. The third kappa shape index (κ3) is 2.65. The average Bonchev–Trinajstić information content (AvgIpc) is 2.91. The van der Waals surface area contributed by atoms with Gasteiger partial charge in [0.1, 0.15) is 4.99 Å². The summed E-state index contributed by atoms with van der Waals surface area (Å²) in [6.07, 6.45) is 0. The van der Waals surface area contributed by atoms with Gasteiger partial charge in [-0.1, -0.05) is 40.6 Å². The van der Waals surface area contributed by atoms with Crippen molar-refractivity contribution in [2.45, 2.75) is 5.92 Å². The van der Waals surface area contributed by atoms with Gasteiger partial charge in [-0.3, -0.25) is 4.79 Å². The molecule has 106 valence electrons. The second kappa shape index (κ2) is 5.47. The SMILES string of the molecule is O=C1OC(c2ccc(Cl)cc2Cl)=NC(=S)C1c1nn[nH]n1. The van der Waals surface area contributed by atoms with Gasteiger partial charge in [-0.15, -0.1) is 10.2 Å². The number of carbonyl (C=O) groups is 1. The molecule has 10 heteroatoms. The van der Waals surface area contributed by atoms with Gasteiger partial charge in [0.2, 0.25) is 5.90 Å². The van der Waals surface area contributed by atoms with Gasteiger partial charge in [-0.05, 0) is 18.2 Å². The number of carbonyl (C=O) groups excluding carboxylic acids is 1. The summed E-state index contributed by atoms with van der Waals surface area (Å²) < 4.78 is 5.17. The van der Waals surface area contributed by atoms with E-state index in [9.17, 15) is 4.79 Å². The highest BCUT2D eigenvalue weighted by Crippen LogP contribution is 2.27. The van der Waals surface area contributed by atoms with Gasteiger partial charge < -0.3 is 4.74 Å². The van der Waals surface area contributed by atoms with E-state index < -0.39 is 11.9 Å². The number of hydrogen-bond acceptors (Lipinski definition) is 6. The van der Waals surface area contributed by atoms with E-state index in [1.165, 1.54) is 6.07 Å². The number of nitrogens with zero attached hydrogens (tertiary/aromatic N) is 4. The number of cyclic esters (lactones) is 1. The van der Waals surface area contributed by atoms with Crippen LogP contribution in [0.4, 0.5) is 0 Å². The molecule has 2 heterocycles. The Balaban J connectivity index is 1.98. The van der Waals surface area contributed by atoms with Gasteiger partial charge in [-0.2, -0.15) is 5.21 Å². The number of esters is 1. The van der Waals surface area contributed by atoms with E-state index in [4.69, 9.17) is 40.2 Å². The molecule has 0 spiro atoms. The quantitative estimate of drug-likeness (QED) is 0.662. The van der Waals surface area contributed by atoms with Gasteiger partial charge in [0.15, 0.2) is 11.7 Å². The number of aromatic amines is 1. The van der Waals surface area contributed by atoms with Gasteiger partial charge in [0.05, 0.1) is 10.6 Å². The summed E-state index contributed by atoms with van der Waals surface area (Å²) in [4.78, 5) is 16.2. The lowest BCUT2D eigenvalue weighted by Gasteiger charge is -2.19. The number of H-pyrrole nitrogens is 1. The summed E-state index contributed by atoms with van der Waals surface area (Å²) in [5.41, 5.74) is 0.420. The third-order valence-corrected chi connectivity index (χ3v) is 3.55. The Morgan fingerprint density at radius 1 is 1.33 bits per heavy atom. The number of aromatic nitrogens is 4. The minimum absolute atomic E-state index is 0.0198. The van der Waals surface area contributed by atoms with Crippen LogP contribution in [0.25, 0.3) is 0 Å². The Hall–Kier alpha value is -1.90. The van der Waals surface area contributed by atoms with Crippen molar-refractivity contribution in [2.75, 3.05) is 0 Å². The molecule has 1 aliphatic heterocycles. The van der Waals surface area contributed by atoms with E-state index in [2.05, 4.69) is 25.6 Å². The highest BCUT2D eigenvalue weighted by atomic mass is 35.5. The molecule has 0 radical (unpaired) electrons. The minimum Gasteiger partial charge on any atom is -0.406 e. The van der Waals surface area contributed by atoms with Crippen molar-refractivity contribution in [1.29, 1.82) is 0 Å². The van der Waals surface area contributed by atoms with E-state index in [1.807, 2.05) is 0 Å². The molecule has 0 fully saturated rings. The van der Waals surface area contributed by atoms with Crippen molar-refractivity contribution in [3.8, 4) is 0 Å². The van der Waals surface area contributed by atoms with Crippen LogP contribution in [0.3, 0.4) is 0 Å². The maximum Gasteiger partial charge on any atom is 0.330 e. The van der Waals surface area contributed by atoms with Gasteiger partial charge in [0, 0.05) is 5.02 Å². The first-order valence-electron chi connectivity index (χ1n) is 5.59. The summed E-state index contributed by atoms with van der Waals surface area (Å²) in [5.74, 6) is -1.48. The average molecular weight is 342 g/mol. The van der Waals surface area contributed by atoms with Crippen LogP contribution in [0.2, 0.25) is 10.0 Å². The van der Waals surface area contributed by atoms with Gasteiger partial charge in [0.25, 0.3) is 0 Å². The molecular weight excluding hydrogens is 337 g/mol. The summed E-state index contributed by atoms with van der Waals surface area (Å²) in [6, 6.07) is 4.71. The lowest BCUT2D eigenvalue weighted by Crippen LogP contribution is -2.31. The Kier molecular flexibility index (Phi) is 3.66. The van der Waals surface area contributed by atoms with Crippen LogP contribution in [0.5, 0.6) is 0 Å². The molecule has 1 N–H and O–H groups in total. The van der Waals surface area contributed by atoms with E-state index in [1.54, 1.807) is 12.1 Å². The number of benzene rings is 1. The van der Waals surface area contributed by atoms with Crippen molar-refractivity contribution in [2.24, 2.45) is 4.99 Å². The molecule has 3 rings (SSSR count). The molecule has 0 aliphatic carbocycles. The second-order valence-corrected chi connectivity index (χ2v) is 5.27. The Morgan fingerprint density at radius 2 is 2.14 bits per heavy atom. The largest absolute Gasteiger partial charge is 0.406 e. The lowest BCUT2D eigenvalue weighted by atomic mass is 10.1. The second-order valence-electron chi connectivity index (χ2n) is 4.00. The van der Waals surface area contributed by atoms with Crippen molar-refractivity contribution in [3.63, 3.8) is 0 Å². The predicted octanol–water partition coefficient (Wildman–Crippen LogP) is 1.92. The number of hydrogen-bond donors (Lipinski definition) is 1. The van der Waals surface area contributed by atoms with Crippen molar-refractivity contribution in [1.82, 2.24) is 20.6 Å². The van der Waals surface area contributed by atoms with Crippen LogP contribution in [0, 0.1) is 0 Å². The molecule has 0 saturated heterocycles. The van der Waals surface area contributed by atoms with Crippen LogP contribution in [-0.4, -0.2) is 37.5 Å². The van der Waals surface area contributed by atoms with Gasteiger partial charge >= 0.3 is 5.97 Å². The molecular formula is C11H5Cl2N5O2S. The topological polar surface area (TPSA) is 93.1 Å². The predicted molar refractivity (Wildman–Crippen MR) is 78.6 cm³/mol. The summed E-state index contributed by atoms with van der Waals surface area (Å²) in [6.45, 7) is 0. The monoisotopic (exact) mass is 341 g/mol. The number of rotatable bonds is 2. The van der Waals surface area contributed by atoms with E-state index in [0.29, 0.717) is 15.6 Å².